The van der Waals surface area contributed by atoms with Crippen LogP contribution in [0.1, 0.15) is 29.8 Å². The summed E-state index contributed by atoms with van der Waals surface area (Å²) in [5, 5.41) is 2.18. The van der Waals surface area contributed by atoms with Gasteiger partial charge in [0, 0.05) is 13.0 Å². The number of carbonyl (C=O) groups is 1. The smallest absolute Gasteiger partial charge is 0.242 e. The highest BCUT2D eigenvalue weighted by Crippen LogP contribution is 2.30. The molecule has 1 aromatic rings. The van der Waals surface area contributed by atoms with Gasteiger partial charge >= 0.3 is 0 Å². The van der Waals surface area contributed by atoms with Crippen molar-refractivity contribution in [3.8, 4) is 5.75 Å². The van der Waals surface area contributed by atoms with E-state index in [-0.39, 0.29) is 5.91 Å². The minimum atomic E-state index is -0.618. The lowest BCUT2D eigenvalue weighted by Crippen LogP contribution is -2.27. The van der Waals surface area contributed by atoms with Crippen LogP contribution in [0.15, 0.2) is 18.2 Å². The van der Waals surface area contributed by atoms with Gasteiger partial charge in [-0.25, -0.2) is 0 Å². The molecule has 1 unspecified atom stereocenters. The number of benzene rings is 1. The second-order valence-electron chi connectivity index (χ2n) is 4.12. The molecule has 17 heavy (non-hydrogen) atoms. The van der Waals surface area contributed by atoms with E-state index in [1.54, 1.807) is 0 Å². The molecular weight excluding hydrogens is 238 g/mol. The predicted molar refractivity (Wildman–Crippen MR) is 67.5 cm³/mol. The molecule has 1 aliphatic heterocycles. The van der Waals surface area contributed by atoms with Crippen molar-refractivity contribution < 1.29 is 9.53 Å². The molecule has 0 aliphatic carbocycles. The molecule has 1 atom stereocenters. The van der Waals surface area contributed by atoms with E-state index < -0.39 is 5.38 Å². The molecule has 1 amide bonds. The van der Waals surface area contributed by atoms with Gasteiger partial charge in [-0.05, 0) is 29.7 Å². The van der Waals surface area contributed by atoms with E-state index in [9.17, 15) is 4.79 Å². The van der Waals surface area contributed by atoms with Gasteiger partial charge < -0.3 is 10.1 Å². The average Bonchev–Trinajstić information content (AvgIpc) is 2.81. The number of nitrogens with one attached hydrogen (secondary N) is 1. The Morgan fingerprint density at radius 3 is 3.18 bits per heavy atom. The zero-order chi connectivity index (χ0) is 12.3. The molecule has 4 heteroatoms. The van der Waals surface area contributed by atoms with Crippen molar-refractivity contribution >= 4 is 17.5 Å². The van der Waals surface area contributed by atoms with E-state index in [0.717, 1.165) is 29.7 Å². The zero-order valence-corrected chi connectivity index (χ0v) is 10.6. The Balaban J connectivity index is 2.09. The van der Waals surface area contributed by atoms with Crippen LogP contribution in [0, 0.1) is 0 Å². The summed E-state index contributed by atoms with van der Waals surface area (Å²) >= 11 is 6.14. The molecule has 0 bridgehead atoms. The van der Waals surface area contributed by atoms with Crippen LogP contribution in [0.5, 0.6) is 5.75 Å². The van der Waals surface area contributed by atoms with Crippen molar-refractivity contribution in [1.82, 2.24) is 5.32 Å². The lowest BCUT2D eigenvalue weighted by molar-refractivity contribution is -0.120. The summed E-state index contributed by atoms with van der Waals surface area (Å²) in [7, 11) is 0. The SMILES string of the molecule is CCCNC(=O)C(Cl)c1ccc2c(c1)CCO2. The maximum atomic E-state index is 11.7. The summed E-state index contributed by atoms with van der Waals surface area (Å²) in [6.45, 7) is 3.39. The number of hydrogen-bond donors (Lipinski definition) is 1. The van der Waals surface area contributed by atoms with Crippen LogP contribution in [0.25, 0.3) is 0 Å². The largest absolute Gasteiger partial charge is 0.493 e. The number of fused-ring (bicyclic) bond motifs is 1. The highest BCUT2D eigenvalue weighted by atomic mass is 35.5. The summed E-state index contributed by atoms with van der Waals surface area (Å²) in [6, 6.07) is 5.71. The maximum Gasteiger partial charge on any atom is 0.242 e. The Kier molecular flexibility index (Phi) is 3.89. The van der Waals surface area contributed by atoms with Gasteiger partial charge in [0.1, 0.15) is 11.1 Å². The summed E-state index contributed by atoms with van der Waals surface area (Å²) < 4.78 is 5.41. The average molecular weight is 254 g/mol. The molecule has 0 saturated carbocycles. The zero-order valence-electron chi connectivity index (χ0n) is 9.83. The molecule has 1 aromatic carbocycles. The molecule has 0 fully saturated rings. The fourth-order valence-corrected chi connectivity index (χ4v) is 2.07. The van der Waals surface area contributed by atoms with Crippen molar-refractivity contribution in [3.05, 3.63) is 29.3 Å². The third-order valence-electron chi connectivity index (χ3n) is 2.79. The van der Waals surface area contributed by atoms with Crippen LogP contribution in [-0.4, -0.2) is 19.1 Å². The Morgan fingerprint density at radius 2 is 2.41 bits per heavy atom. The monoisotopic (exact) mass is 253 g/mol. The van der Waals surface area contributed by atoms with Gasteiger partial charge in [-0.3, -0.25) is 4.79 Å². The van der Waals surface area contributed by atoms with Gasteiger partial charge in [-0.2, -0.15) is 0 Å². The lowest BCUT2D eigenvalue weighted by atomic mass is 10.1. The third-order valence-corrected chi connectivity index (χ3v) is 3.24. The summed E-state index contributed by atoms with van der Waals surface area (Å²) in [6.07, 6.45) is 1.80. The minimum absolute atomic E-state index is 0.132. The van der Waals surface area contributed by atoms with E-state index in [1.807, 2.05) is 25.1 Å². The number of hydrogen-bond acceptors (Lipinski definition) is 2. The quantitative estimate of drug-likeness (QED) is 0.837. The third kappa shape index (κ3) is 2.72. The fraction of sp³-hybridized carbons (Fsp3) is 0.462. The van der Waals surface area contributed by atoms with Crippen molar-refractivity contribution in [2.24, 2.45) is 0 Å². The molecular formula is C13H16ClNO2. The van der Waals surface area contributed by atoms with E-state index in [1.165, 1.54) is 0 Å². The maximum absolute atomic E-state index is 11.7. The van der Waals surface area contributed by atoms with Gasteiger partial charge in [0.25, 0.3) is 0 Å². The van der Waals surface area contributed by atoms with Crippen LogP contribution in [0.4, 0.5) is 0 Å². The Hall–Kier alpha value is -1.22. The molecule has 1 N–H and O–H groups in total. The van der Waals surface area contributed by atoms with Gasteiger partial charge in [0.15, 0.2) is 0 Å². The van der Waals surface area contributed by atoms with Gasteiger partial charge in [-0.15, -0.1) is 11.6 Å². The van der Waals surface area contributed by atoms with Gasteiger partial charge in [-0.1, -0.05) is 13.0 Å². The number of alkyl halides is 1. The van der Waals surface area contributed by atoms with E-state index >= 15 is 0 Å². The van der Waals surface area contributed by atoms with Crippen LogP contribution < -0.4 is 10.1 Å². The Labute approximate surface area is 106 Å². The topological polar surface area (TPSA) is 38.3 Å². The molecule has 0 radical (unpaired) electrons. The Morgan fingerprint density at radius 1 is 1.59 bits per heavy atom. The normalized spacial score (nSPS) is 14.9. The van der Waals surface area contributed by atoms with Crippen LogP contribution in [-0.2, 0) is 11.2 Å². The Bertz CT molecular complexity index is 420. The van der Waals surface area contributed by atoms with E-state index in [2.05, 4.69) is 5.32 Å². The van der Waals surface area contributed by atoms with Crippen LogP contribution in [0.2, 0.25) is 0 Å². The van der Waals surface area contributed by atoms with Crippen LogP contribution >= 0.6 is 11.6 Å². The van der Waals surface area contributed by atoms with Crippen molar-refractivity contribution in [1.29, 1.82) is 0 Å². The highest BCUT2D eigenvalue weighted by molar-refractivity contribution is 6.30. The van der Waals surface area contributed by atoms with Gasteiger partial charge in [0.05, 0.1) is 6.61 Å². The fourth-order valence-electron chi connectivity index (χ4n) is 1.85. The molecule has 0 saturated heterocycles. The second-order valence-corrected chi connectivity index (χ2v) is 4.56. The van der Waals surface area contributed by atoms with Crippen molar-refractivity contribution in [2.75, 3.05) is 13.2 Å². The number of amides is 1. The number of halogens is 1. The number of rotatable bonds is 4. The molecule has 1 heterocycles. The highest BCUT2D eigenvalue weighted by Gasteiger charge is 2.20. The molecule has 92 valence electrons. The summed E-state index contributed by atoms with van der Waals surface area (Å²) in [4.78, 5) is 11.7. The minimum Gasteiger partial charge on any atom is -0.493 e. The first-order chi connectivity index (χ1) is 8.22. The molecule has 1 aliphatic rings. The van der Waals surface area contributed by atoms with E-state index in [0.29, 0.717) is 13.2 Å². The molecule has 2 rings (SSSR count). The molecule has 3 nitrogen and oxygen atoms in total. The standard InChI is InChI=1S/C13H16ClNO2/c1-2-6-15-13(16)12(14)10-3-4-11-9(8-10)5-7-17-11/h3-4,8,12H,2,5-7H2,1H3,(H,15,16). The van der Waals surface area contributed by atoms with Crippen molar-refractivity contribution in [3.63, 3.8) is 0 Å². The molecule has 0 aromatic heterocycles. The van der Waals surface area contributed by atoms with Gasteiger partial charge in [0.2, 0.25) is 5.91 Å². The number of ether oxygens (including phenoxy) is 1. The first kappa shape index (κ1) is 12.2. The first-order valence-corrected chi connectivity index (χ1v) is 6.33. The number of carbonyl (C=O) groups excluding carboxylic acids is 1. The lowest BCUT2D eigenvalue weighted by Gasteiger charge is -2.11. The van der Waals surface area contributed by atoms with Crippen molar-refractivity contribution in [2.45, 2.75) is 25.1 Å². The molecule has 0 spiro atoms. The summed E-state index contributed by atoms with van der Waals surface area (Å²) in [5.41, 5.74) is 1.97. The van der Waals surface area contributed by atoms with E-state index in [4.69, 9.17) is 16.3 Å². The van der Waals surface area contributed by atoms with Crippen LogP contribution in [0.3, 0.4) is 0 Å². The first-order valence-electron chi connectivity index (χ1n) is 5.89. The second kappa shape index (κ2) is 5.41. The predicted octanol–water partition coefficient (Wildman–Crippen LogP) is 2.43. The summed E-state index contributed by atoms with van der Waals surface area (Å²) in [5.74, 6) is 0.777.